The highest BCUT2D eigenvalue weighted by Crippen LogP contribution is 2.28. The number of carboxylic acids is 1. The van der Waals surface area contributed by atoms with Crippen LogP contribution in [0.1, 0.15) is 24.5 Å². The Morgan fingerprint density at radius 1 is 1.50 bits per heavy atom. The van der Waals surface area contributed by atoms with Crippen LogP contribution in [0.25, 0.3) is 0 Å². The van der Waals surface area contributed by atoms with Gasteiger partial charge in [-0.3, -0.25) is 9.69 Å². The molecule has 2 rings (SSSR count). The van der Waals surface area contributed by atoms with Crippen LogP contribution in [0.2, 0.25) is 0 Å². The van der Waals surface area contributed by atoms with Crippen molar-refractivity contribution in [3.63, 3.8) is 0 Å². The zero-order chi connectivity index (χ0) is 13.3. The zero-order valence-electron chi connectivity index (χ0n) is 10.9. The Morgan fingerprint density at radius 3 is 2.78 bits per heavy atom. The maximum absolute atomic E-state index is 11.1. The van der Waals surface area contributed by atoms with E-state index in [-0.39, 0.29) is 18.7 Å². The number of nitrogens with zero attached hydrogens (tertiary/aromatic N) is 1. The lowest BCUT2D eigenvalue weighted by Gasteiger charge is -2.30. The Hall–Kier alpha value is -1.33. The maximum Gasteiger partial charge on any atom is 0.310 e. The fourth-order valence-electron chi connectivity index (χ4n) is 2.35. The molecule has 5 nitrogen and oxygen atoms in total. The van der Waals surface area contributed by atoms with E-state index in [1.807, 2.05) is 37.9 Å². The number of hydrogen-bond acceptors (Lipinski definition) is 4. The molecule has 3 atom stereocenters. The van der Waals surface area contributed by atoms with Gasteiger partial charge in [0.05, 0.1) is 25.2 Å². The van der Waals surface area contributed by atoms with E-state index < -0.39 is 11.9 Å². The van der Waals surface area contributed by atoms with Gasteiger partial charge in [-0.25, -0.2) is 0 Å². The summed E-state index contributed by atoms with van der Waals surface area (Å²) >= 11 is 0. The Balaban J connectivity index is 2.10. The smallest absolute Gasteiger partial charge is 0.310 e. The van der Waals surface area contributed by atoms with Crippen LogP contribution in [0.3, 0.4) is 0 Å². The number of rotatable bonds is 4. The van der Waals surface area contributed by atoms with Gasteiger partial charge in [0.1, 0.15) is 11.5 Å². The standard InChI is InChI=1S/C13H19NO4/c1-8-4-5-12(18-8)9(2)14(3)11-7-17-6-10(11)13(15)16/h4-5,9-11H,6-7H2,1-3H3,(H,15,16). The molecule has 1 aromatic heterocycles. The third-order valence-electron chi connectivity index (χ3n) is 3.67. The Bertz CT molecular complexity index is 428. The number of furan rings is 1. The second kappa shape index (κ2) is 5.12. The van der Waals surface area contributed by atoms with Crippen molar-refractivity contribution in [2.24, 2.45) is 5.92 Å². The third-order valence-corrected chi connectivity index (χ3v) is 3.67. The number of hydrogen-bond donors (Lipinski definition) is 1. The molecule has 18 heavy (non-hydrogen) atoms. The number of aryl methyl sites for hydroxylation is 1. The molecule has 1 saturated heterocycles. The van der Waals surface area contributed by atoms with Crippen molar-refractivity contribution >= 4 is 5.97 Å². The van der Waals surface area contributed by atoms with Gasteiger partial charge < -0.3 is 14.3 Å². The maximum atomic E-state index is 11.1. The summed E-state index contributed by atoms with van der Waals surface area (Å²) in [6.45, 7) is 4.65. The normalized spacial score (nSPS) is 25.6. The number of aliphatic carboxylic acids is 1. The summed E-state index contributed by atoms with van der Waals surface area (Å²) in [4.78, 5) is 13.2. The van der Waals surface area contributed by atoms with Gasteiger partial charge in [0.2, 0.25) is 0 Å². The van der Waals surface area contributed by atoms with Crippen LogP contribution in [0.4, 0.5) is 0 Å². The Kier molecular flexibility index (Phi) is 3.73. The van der Waals surface area contributed by atoms with Crippen LogP contribution in [-0.2, 0) is 9.53 Å². The molecular weight excluding hydrogens is 234 g/mol. The minimum atomic E-state index is -0.799. The first-order chi connectivity index (χ1) is 8.50. The summed E-state index contributed by atoms with van der Waals surface area (Å²) in [5.41, 5.74) is 0. The van der Waals surface area contributed by atoms with E-state index >= 15 is 0 Å². The van der Waals surface area contributed by atoms with Gasteiger partial charge >= 0.3 is 5.97 Å². The number of carboxylic acid groups (broad SMARTS) is 1. The molecule has 5 heteroatoms. The zero-order valence-corrected chi connectivity index (χ0v) is 10.9. The van der Waals surface area contributed by atoms with Crippen LogP contribution < -0.4 is 0 Å². The van der Waals surface area contributed by atoms with Crippen molar-refractivity contribution in [2.75, 3.05) is 20.3 Å². The van der Waals surface area contributed by atoms with E-state index in [2.05, 4.69) is 0 Å². The minimum Gasteiger partial charge on any atom is -0.481 e. The molecule has 1 aliphatic heterocycles. The highest BCUT2D eigenvalue weighted by atomic mass is 16.5. The molecule has 0 amide bonds. The van der Waals surface area contributed by atoms with Crippen molar-refractivity contribution < 1.29 is 19.1 Å². The molecule has 100 valence electrons. The molecule has 0 aromatic carbocycles. The highest BCUT2D eigenvalue weighted by molar-refractivity contribution is 5.71. The van der Waals surface area contributed by atoms with Gasteiger partial charge in [-0.1, -0.05) is 0 Å². The van der Waals surface area contributed by atoms with Crippen molar-refractivity contribution in [3.8, 4) is 0 Å². The summed E-state index contributed by atoms with van der Waals surface area (Å²) < 4.78 is 10.9. The molecule has 0 aliphatic carbocycles. The number of likely N-dealkylation sites (N-methyl/N-ethyl adjacent to an activating group) is 1. The largest absolute Gasteiger partial charge is 0.481 e. The summed E-state index contributed by atoms with van der Waals surface area (Å²) in [5.74, 6) is 0.453. The molecule has 1 fully saturated rings. The van der Waals surface area contributed by atoms with Gasteiger partial charge in [0.25, 0.3) is 0 Å². The van der Waals surface area contributed by atoms with Crippen LogP contribution >= 0.6 is 0 Å². The van der Waals surface area contributed by atoms with Gasteiger partial charge in [-0.2, -0.15) is 0 Å². The predicted molar refractivity (Wildman–Crippen MR) is 65.4 cm³/mol. The Labute approximate surface area is 106 Å². The van der Waals surface area contributed by atoms with Crippen LogP contribution in [0.5, 0.6) is 0 Å². The molecule has 2 heterocycles. The fourth-order valence-corrected chi connectivity index (χ4v) is 2.35. The van der Waals surface area contributed by atoms with Gasteiger partial charge in [0, 0.05) is 6.04 Å². The molecule has 1 N–H and O–H groups in total. The third kappa shape index (κ3) is 2.42. The van der Waals surface area contributed by atoms with Crippen molar-refractivity contribution in [2.45, 2.75) is 25.9 Å². The molecular formula is C13H19NO4. The van der Waals surface area contributed by atoms with E-state index in [1.165, 1.54) is 0 Å². The predicted octanol–water partition coefficient (Wildman–Crippen LogP) is 1.68. The number of ether oxygens (including phenoxy) is 1. The average molecular weight is 253 g/mol. The molecule has 1 aromatic rings. The van der Waals surface area contributed by atoms with E-state index in [9.17, 15) is 4.79 Å². The van der Waals surface area contributed by atoms with E-state index in [1.54, 1.807) is 0 Å². The first-order valence-electron chi connectivity index (χ1n) is 6.09. The molecule has 0 saturated carbocycles. The lowest BCUT2D eigenvalue weighted by Crippen LogP contribution is -2.41. The van der Waals surface area contributed by atoms with Crippen LogP contribution in [0.15, 0.2) is 16.5 Å². The van der Waals surface area contributed by atoms with Gasteiger partial charge in [-0.15, -0.1) is 0 Å². The van der Waals surface area contributed by atoms with Crippen molar-refractivity contribution in [1.82, 2.24) is 4.90 Å². The van der Waals surface area contributed by atoms with E-state index in [0.29, 0.717) is 6.61 Å². The average Bonchev–Trinajstić information content (AvgIpc) is 2.95. The van der Waals surface area contributed by atoms with Crippen LogP contribution in [0, 0.1) is 12.8 Å². The highest BCUT2D eigenvalue weighted by Gasteiger charge is 2.38. The van der Waals surface area contributed by atoms with Crippen LogP contribution in [-0.4, -0.2) is 42.3 Å². The second-order valence-corrected chi connectivity index (χ2v) is 4.84. The van der Waals surface area contributed by atoms with Crippen molar-refractivity contribution in [3.05, 3.63) is 23.7 Å². The minimum absolute atomic E-state index is 0.0345. The van der Waals surface area contributed by atoms with E-state index in [0.717, 1.165) is 11.5 Å². The van der Waals surface area contributed by atoms with Gasteiger partial charge in [0.15, 0.2) is 0 Å². The topological polar surface area (TPSA) is 62.9 Å². The monoisotopic (exact) mass is 253 g/mol. The second-order valence-electron chi connectivity index (χ2n) is 4.84. The first-order valence-corrected chi connectivity index (χ1v) is 6.09. The lowest BCUT2D eigenvalue weighted by atomic mass is 10.0. The quantitative estimate of drug-likeness (QED) is 0.884. The molecule has 1 aliphatic rings. The Morgan fingerprint density at radius 2 is 2.22 bits per heavy atom. The van der Waals surface area contributed by atoms with Crippen molar-refractivity contribution in [1.29, 1.82) is 0 Å². The first kappa shape index (κ1) is 13.1. The molecule has 0 spiro atoms. The lowest BCUT2D eigenvalue weighted by molar-refractivity contribution is -0.143. The summed E-state index contributed by atoms with van der Waals surface area (Å²) in [5, 5.41) is 9.16. The summed E-state index contributed by atoms with van der Waals surface area (Å²) in [6, 6.07) is 3.77. The van der Waals surface area contributed by atoms with Gasteiger partial charge in [-0.05, 0) is 33.0 Å². The number of carbonyl (C=O) groups is 1. The SMILES string of the molecule is Cc1ccc(C(C)N(C)C2COCC2C(=O)O)o1. The summed E-state index contributed by atoms with van der Waals surface area (Å²) in [6.07, 6.45) is 0. The van der Waals surface area contributed by atoms with E-state index in [4.69, 9.17) is 14.3 Å². The molecule has 3 unspecified atom stereocenters. The fraction of sp³-hybridized carbons (Fsp3) is 0.615. The molecule has 0 bridgehead atoms. The summed E-state index contributed by atoms with van der Waals surface area (Å²) in [7, 11) is 1.91. The molecule has 0 radical (unpaired) electrons.